The van der Waals surface area contributed by atoms with Crippen molar-refractivity contribution in [2.24, 2.45) is 0 Å². The number of nitrogens with zero attached hydrogens (tertiary/aromatic N) is 3. The average molecular weight is 580 g/mol. The molecule has 0 saturated carbocycles. The smallest absolute Gasteiger partial charge is 0.338 e. The lowest BCUT2D eigenvalue weighted by atomic mass is 9.94. The van der Waals surface area contributed by atoms with Crippen LogP contribution in [0, 0.1) is 0 Å². The summed E-state index contributed by atoms with van der Waals surface area (Å²) in [5, 5.41) is 4.20. The van der Waals surface area contributed by atoms with Crippen LogP contribution >= 0.6 is 34.8 Å². The Balaban J connectivity index is 1.60. The number of carbonyl (C=O) groups is 3. The third-order valence-corrected chi connectivity index (χ3v) is 7.64. The number of rotatable bonds is 7. The van der Waals surface area contributed by atoms with Crippen LogP contribution in [-0.2, 0) is 9.53 Å². The summed E-state index contributed by atoms with van der Waals surface area (Å²) in [6, 6.07) is 10.8. The molecule has 0 radical (unpaired) electrons. The van der Waals surface area contributed by atoms with Crippen LogP contribution in [-0.4, -0.2) is 78.5 Å². The van der Waals surface area contributed by atoms with Crippen LogP contribution in [0.5, 0.6) is 0 Å². The monoisotopic (exact) mass is 578 g/mol. The number of esters is 1. The van der Waals surface area contributed by atoms with Gasteiger partial charge in [-0.3, -0.25) is 14.6 Å². The van der Waals surface area contributed by atoms with Gasteiger partial charge in [0.25, 0.3) is 5.91 Å². The zero-order valence-corrected chi connectivity index (χ0v) is 23.4. The number of hydrogen-bond acceptors (Lipinski definition) is 5. The number of piperazine rings is 1. The van der Waals surface area contributed by atoms with E-state index in [0.717, 1.165) is 0 Å². The maximum atomic E-state index is 13.3. The molecule has 2 aromatic carbocycles. The minimum atomic E-state index is -0.748. The molecule has 1 saturated heterocycles. The molecule has 1 fully saturated rings. The summed E-state index contributed by atoms with van der Waals surface area (Å²) in [6.07, 6.45) is 0. The molecule has 4 rings (SSSR count). The molecule has 1 N–H and O–H groups in total. The first-order valence-electron chi connectivity index (χ1n) is 12.4. The Morgan fingerprint density at radius 2 is 1.66 bits per heavy atom. The van der Waals surface area contributed by atoms with Gasteiger partial charge < -0.3 is 15.0 Å². The minimum Gasteiger partial charge on any atom is -0.463 e. The van der Waals surface area contributed by atoms with Crippen molar-refractivity contribution < 1.29 is 19.1 Å². The molecule has 2 aliphatic rings. The van der Waals surface area contributed by atoms with Gasteiger partial charge in [0.1, 0.15) is 0 Å². The van der Waals surface area contributed by atoms with Crippen molar-refractivity contribution in [3.05, 3.63) is 79.9 Å². The van der Waals surface area contributed by atoms with E-state index in [1.165, 1.54) is 0 Å². The second kappa shape index (κ2) is 12.4. The SMILES string of the molecule is CCOC(=O)C1=C(CN2CCN(C(=O)c3ccc(Cl)cc3)CC2)N(CC)C(=O)NC1c1ccc(Cl)c(Cl)c1. The van der Waals surface area contributed by atoms with Crippen molar-refractivity contribution in [2.75, 3.05) is 45.9 Å². The molecule has 11 heteroatoms. The number of ether oxygens (including phenoxy) is 1. The van der Waals surface area contributed by atoms with Crippen LogP contribution in [0.4, 0.5) is 4.79 Å². The van der Waals surface area contributed by atoms with Gasteiger partial charge in [-0.05, 0) is 55.8 Å². The maximum absolute atomic E-state index is 13.3. The van der Waals surface area contributed by atoms with Gasteiger partial charge in [0, 0.05) is 55.6 Å². The molecule has 2 heterocycles. The Labute approximate surface area is 237 Å². The number of hydrogen-bond donors (Lipinski definition) is 1. The molecule has 1 atom stereocenters. The Kier molecular flexibility index (Phi) is 9.20. The van der Waals surface area contributed by atoms with Gasteiger partial charge in [0.2, 0.25) is 0 Å². The minimum absolute atomic E-state index is 0.0559. The molecule has 0 aromatic heterocycles. The van der Waals surface area contributed by atoms with Gasteiger partial charge in [-0.25, -0.2) is 9.59 Å². The quantitative estimate of drug-likeness (QED) is 0.467. The lowest BCUT2D eigenvalue weighted by Gasteiger charge is -2.40. The van der Waals surface area contributed by atoms with Crippen LogP contribution in [0.3, 0.4) is 0 Å². The first kappa shape index (κ1) is 28.2. The van der Waals surface area contributed by atoms with Crippen molar-refractivity contribution in [3.8, 4) is 0 Å². The number of likely N-dealkylation sites (N-methyl/N-ethyl adjacent to an activating group) is 1. The summed E-state index contributed by atoms with van der Waals surface area (Å²) < 4.78 is 5.43. The molecule has 38 heavy (non-hydrogen) atoms. The van der Waals surface area contributed by atoms with E-state index >= 15 is 0 Å². The Hall–Kier alpha value is -2.78. The predicted molar refractivity (Wildman–Crippen MR) is 148 cm³/mol. The van der Waals surface area contributed by atoms with Gasteiger partial charge in [-0.2, -0.15) is 0 Å². The predicted octanol–water partition coefficient (Wildman–Crippen LogP) is 5.01. The molecule has 0 bridgehead atoms. The van der Waals surface area contributed by atoms with Crippen LogP contribution in [0.1, 0.15) is 35.8 Å². The molecule has 8 nitrogen and oxygen atoms in total. The van der Waals surface area contributed by atoms with Gasteiger partial charge in [-0.15, -0.1) is 0 Å². The molecule has 0 spiro atoms. The number of halogens is 3. The normalized spacial score (nSPS) is 18.4. The average Bonchev–Trinajstić information content (AvgIpc) is 2.90. The van der Waals surface area contributed by atoms with Gasteiger partial charge >= 0.3 is 12.0 Å². The molecule has 2 aliphatic heterocycles. The van der Waals surface area contributed by atoms with Crippen LogP contribution in [0.2, 0.25) is 15.1 Å². The van der Waals surface area contributed by atoms with Crippen LogP contribution < -0.4 is 5.32 Å². The topological polar surface area (TPSA) is 82.2 Å². The zero-order chi connectivity index (χ0) is 27.4. The maximum Gasteiger partial charge on any atom is 0.338 e. The summed E-state index contributed by atoms with van der Waals surface area (Å²) in [4.78, 5) is 44.8. The summed E-state index contributed by atoms with van der Waals surface area (Å²) in [7, 11) is 0. The summed E-state index contributed by atoms with van der Waals surface area (Å²) in [5.74, 6) is -0.562. The highest BCUT2D eigenvalue weighted by atomic mass is 35.5. The van der Waals surface area contributed by atoms with E-state index in [9.17, 15) is 14.4 Å². The third kappa shape index (κ3) is 6.10. The van der Waals surface area contributed by atoms with Crippen molar-refractivity contribution in [1.82, 2.24) is 20.0 Å². The van der Waals surface area contributed by atoms with E-state index in [-0.39, 0.29) is 18.5 Å². The lowest BCUT2D eigenvalue weighted by molar-refractivity contribution is -0.139. The van der Waals surface area contributed by atoms with Crippen molar-refractivity contribution in [1.29, 1.82) is 0 Å². The third-order valence-electron chi connectivity index (χ3n) is 6.65. The molecule has 3 amide bonds. The molecular formula is C27H29Cl3N4O4. The van der Waals surface area contributed by atoms with Crippen LogP contribution in [0.25, 0.3) is 0 Å². The number of nitrogens with one attached hydrogen (secondary N) is 1. The summed E-state index contributed by atoms with van der Waals surface area (Å²) >= 11 is 18.3. The van der Waals surface area contributed by atoms with Gasteiger partial charge in [-0.1, -0.05) is 40.9 Å². The van der Waals surface area contributed by atoms with E-state index in [2.05, 4.69) is 10.2 Å². The second-order valence-electron chi connectivity index (χ2n) is 8.96. The highest BCUT2D eigenvalue weighted by Gasteiger charge is 2.39. The number of carbonyl (C=O) groups excluding carboxylic acids is 3. The molecular weight excluding hydrogens is 551 g/mol. The number of urea groups is 1. The van der Waals surface area contributed by atoms with Crippen molar-refractivity contribution >= 4 is 52.7 Å². The fraction of sp³-hybridized carbons (Fsp3) is 0.370. The molecule has 1 unspecified atom stereocenters. The number of benzene rings is 2. The molecule has 202 valence electrons. The summed E-state index contributed by atoms with van der Waals surface area (Å²) in [5.41, 5.74) is 2.14. The van der Waals surface area contributed by atoms with Gasteiger partial charge in [0.15, 0.2) is 0 Å². The van der Waals surface area contributed by atoms with Crippen molar-refractivity contribution in [2.45, 2.75) is 19.9 Å². The van der Waals surface area contributed by atoms with E-state index in [1.54, 1.807) is 59.2 Å². The first-order chi connectivity index (χ1) is 18.2. The standard InChI is InChI=1S/C27H29Cl3N4O4/c1-3-34-22(16-32-11-13-33(14-12-32)25(35)17-5-8-19(28)9-6-17)23(26(36)38-4-2)24(31-27(34)37)18-7-10-20(29)21(30)15-18/h5-10,15,24H,3-4,11-14,16H2,1-2H3,(H,31,37). The highest BCUT2D eigenvalue weighted by Crippen LogP contribution is 2.35. The van der Waals surface area contributed by atoms with E-state index in [4.69, 9.17) is 39.5 Å². The first-order valence-corrected chi connectivity index (χ1v) is 13.6. The highest BCUT2D eigenvalue weighted by molar-refractivity contribution is 6.42. The fourth-order valence-electron chi connectivity index (χ4n) is 4.70. The van der Waals surface area contributed by atoms with Crippen molar-refractivity contribution in [3.63, 3.8) is 0 Å². The Bertz CT molecular complexity index is 1240. The summed E-state index contributed by atoms with van der Waals surface area (Å²) in [6.45, 7) is 6.67. The second-order valence-corrected chi connectivity index (χ2v) is 10.2. The van der Waals surface area contributed by atoms with Crippen LogP contribution in [0.15, 0.2) is 53.7 Å². The Morgan fingerprint density at radius 3 is 2.26 bits per heavy atom. The van der Waals surface area contributed by atoms with E-state index in [0.29, 0.717) is 76.7 Å². The lowest BCUT2D eigenvalue weighted by Crippen LogP contribution is -2.53. The number of amides is 3. The Morgan fingerprint density at radius 1 is 0.974 bits per heavy atom. The van der Waals surface area contributed by atoms with E-state index in [1.807, 2.05) is 6.92 Å². The zero-order valence-electron chi connectivity index (χ0n) is 21.2. The molecule has 2 aromatic rings. The van der Waals surface area contributed by atoms with E-state index < -0.39 is 12.0 Å². The molecule has 0 aliphatic carbocycles. The largest absolute Gasteiger partial charge is 0.463 e. The fourth-order valence-corrected chi connectivity index (χ4v) is 5.13. The van der Waals surface area contributed by atoms with Gasteiger partial charge in [0.05, 0.1) is 28.3 Å².